The number of hydrogen-bond donors (Lipinski definition) is 0. The van der Waals surface area contributed by atoms with E-state index in [9.17, 15) is 18.0 Å². The molecule has 0 bridgehead atoms. The van der Waals surface area contributed by atoms with Crippen LogP contribution < -0.4 is 9.74 Å². The first-order valence-electron chi connectivity index (χ1n) is 10.6. The fourth-order valence-corrected chi connectivity index (χ4v) is 5.25. The third-order valence-corrected chi connectivity index (χ3v) is 7.32. The normalized spacial score (nSPS) is 14.7. The second kappa shape index (κ2) is 8.88. The van der Waals surface area contributed by atoms with Gasteiger partial charge >= 0.3 is 16.2 Å². The minimum absolute atomic E-state index is 0.0196. The zero-order chi connectivity index (χ0) is 24.7. The van der Waals surface area contributed by atoms with E-state index in [1.165, 1.54) is 27.9 Å². The van der Waals surface area contributed by atoms with Crippen LogP contribution in [-0.4, -0.2) is 47.5 Å². The lowest BCUT2D eigenvalue weighted by Gasteiger charge is -2.29. The predicted molar refractivity (Wildman–Crippen MR) is 129 cm³/mol. The topological polar surface area (TPSA) is 107 Å². The number of carbonyl (C=O) groups excluding carboxylic acids is 1. The van der Waals surface area contributed by atoms with E-state index in [1.807, 2.05) is 33.8 Å². The van der Waals surface area contributed by atoms with Crippen LogP contribution in [0.4, 0.5) is 4.79 Å². The molecule has 0 spiro atoms. The average Bonchev–Trinajstić information content (AvgIpc) is 3.17. The van der Waals surface area contributed by atoms with Crippen molar-refractivity contribution in [2.75, 3.05) is 13.1 Å². The van der Waals surface area contributed by atoms with Gasteiger partial charge in [0.1, 0.15) is 10.5 Å². The van der Waals surface area contributed by atoms with E-state index in [2.05, 4.69) is 4.98 Å². The minimum atomic E-state index is -4.12. The molecule has 0 aliphatic carbocycles. The van der Waals surface area contributed by atoms with Gasteiger partial charge in [-0.15, -0.1) is 0 Å². The fraction of sp³-hybridized carbons (Fsp3) is 0.348. The number of carbonyl (C=O) groups is 1. The molecule has 0 N–H and O–H groups in total. The summed E-state index contributed by atoms with van der Waals surface area (Å²) in [5, 5.41) is 0. The smallest absolute Gasteiger partial charge is 0.410 e. The molecule has 11 heteroatoms. The molecular formula is C23H25N3O6S2. The van der Waals surface area contributed by atoms with Crippen molar-refractivity contribution in [3.05, 3.63) is 63.4 Å². The first-order valence-corrected chi connectivity index (χ1v) is 12.9. The van der Waals surface area contributed by atoms with Crippen molar-refractivity contribution in [3.63, 3.8) is 0 Å². The molecule has 9 nitrogen and oxygen atoms in total. The van der Waals surface area contributed by atoms with Crippen molar-refractivity contribution in [1.29, 1.82) is 0 Å². The Kier molecular flexibility index (Phi) is 6.26. The summed E-state index contributed by atoms with van der Waals surface area (Å²) in [7, 11) is -4.12. The molecule has 0 radical (unpaired) electrons. The van der Waals surface area contributed by atoms with Gasteiger partial charge in [-0.25, -0.2) is 4.79 Å². The fourth-order valence-electron chi connectivity index (χ4n) is 3.32. The van der Waals surface area contributed by atoms with Crippen molar-refractivity contribution in [3.8, 4) is 5.88 Å². The van der Waals surface area contributed by atoms with Gasteiger partial charge < -0.3 is 13.8 Å². The van der Waals surface area contributed by atoms with E-state index in [0.717, 1.165) is 22.1 Å². The van der Waals surface area contributed by atoms with Gasteiger partial charge in [0.2, 0.25) is 10.8 Å². The zero-order valence-corrected chi connectivity index (χ0v) is 20.9. The third-order valence-electron chi connectivity index (χ3n) is 5.03. The largest absolute Gasteiger partial charge is 0.444 e. The molecule has 3 aromatic rings. The molecule has 1 aliphatic rings. The Hall–Kier alpha value is -3.18. The highest BCUT2D eigenvalue weighted by Gasteiger charge is 2.25. The molecule has 180 valence electrons. The van der Waals surface area contributed by atoms with Crippen molar-refractivity contribution in [2.24, 2.45) is 0 Å². The van der Waals surface area contributed by atoms with Crippen molar-refractivity contribution in [2.45, 2.75) is 44.6 Å². The molecule has 3 heterocycles. The van der Waals surface area contributed by atoms with Crippen molar-refractivity contribution in [1.82, 2.24) is 14.3 Å². The van der Waals surface area contributed by atoms with Crippen LogP contribution in [-0.2, 0) is 14.9 Å². The molecule has 0 atom stereocenters. The molecule has 0 unspecified atom stereocenters. The summed E-state index contributed by atoms with van der Waals surface area (Å²) in [6.07, 6.45) is 3.81. The molecular weight excluding hydrogens is 478 g/mol. The average molecular weight is 504 g/mol. The Morgan fingerprint density at radius 3 is 2.50 bits per heavy atom. The van der Waals surface area contributed by atoms with Crippen LogP contribution >= 0.6 is 11.3 Å². The Morgan fingerprint density at radius 2 is 1.88 bits per heavy atom. The molecule has 34 heavy (non-hydrogen) atoms. The summed E-state index contributed by atoms with van der Waals surface area (Å²) in [5.74, 6) is -0.285. The molecule has 1 aliphatic heterocycles. The molecule has 2 aromatic heterocycles. The van der Waals surface area contributed by atoms with E-state index in [1.54, 1.807) is 23.2 Å². The van der Waals surface area contributed by atoms with Crippen molar-refractivity contribution >= 4 is 38.1 Å². The van der Waals surface area contributed by atoms with Gasteiger partial charge in [-0.3, -0.25) is 9.20 Å². The van der Waals surface area contributed by atoms with Crippen LogP contribution in [0, 0.1) is 6.92 Å². The van der Waals surface area contributed by atoms with Crippen LogP contribution in [0.1, 0.15) is 37.6 Å². The summed E-state index contributed by atoms with van der Waals surface area (Å²) < 4.78 is 37.0. The van der Waals surface area contributed by atoms with Gasteiger partial charge in [0, 0.05) is 19.3 Å². The number of aromatic nitrogens is 2. The van der Waals surface area contributed by atoms with Crippen LogP contribution in [0.5, 0.6) is 5.88 Å². The number of aryl methyl sites for hydroxylation is 1. The van der Waals surface area contributed by atoms with E-state index in [-0.39, 0.29) is 16.9 Å². The Bertz CT molecular complexity index is 1430. The summed E-state index contributed by atoms with van der Waals surface area (Å²) in [5.41, 5.74) is 0.874. The first-order chi connectivity index (χ1) is 15.9. The quantitative estimate of drug-likeness (QED) is 0.498. The molecule has 1 aromatic carbocycles. The molecule has 0 fully saturated rings. The maximum absolute atomic E-state index is 12.6. The number of thiazole rings is 1. The van der Waals surface area contributed by atoms with Crippen molar-refractivity contribution < 1.29 is 22.1 Å². The van der Waals surface area contributed by atoms with Gasteiger partial charge in [-0.2, -0.15) is 13.4 Å². The lowest BCUT2D eigenvalue weighted by Crippen LogP contribution is -2.39. The Balaban J connectivity index is 1.55. The van der Waals surface area contributed by atoms with E-state index < -0.39 is 21.3 Å². The predicted octanol–water partition coefficient (Wildman–Crippen LogP) is 3.86. The summed E-state index contributed by atoms with van der Waals surface area (Å²) in [6, 6.07) is 7.25. The molecule has 1 amide bonds. The number of nitrogens with zero attached hydrogens (tertiary/aromatic N) is 3. The lowest BCUT2D eigenvalue weighted by atomic mass is 10.1. The second-order valence-corrected chi connectivity index (χ2v) is 11.5. The van der Waals surface area contributed by atoms with Crippen LogP contribution in [0.15, 0.2) is 52.3 Å². The van der Waals surface area contributed by atoms with Crippen LogP contribution in [0.3, 0.4) is 0 Å². The van der Waals surface area contributed by atoms with E-state index in [4.69, 9.17) is 8.92 Å². The number of amides is 1. The van der Waals surface area contributed by atoms with Gasteiger partial charge in [0.25, 0.3) is 5.56 Å². The summed E-state index contributed by atoms with van der Waals surface area (Å²) >= 11 is 1.25. The maximum Gasteiger partial charge on any atom is 0.410 e. The third kappa shape index (κ3) is 5.31. The molecule has 0 saturated carbocycles. The monoisotopic (exact) mass is 503 g/mol. The maximum atomic E-state index is 12.6. The van der Waals surface area contributed by atoms with Gasteiger partial charge in [-0.05, 0) is 51.8 Å². The number of fused-ring (bicyclic) bond motifs is 1. The number of ether oxygens (including phenoxy) is 1. The lowest BCUT2D eigenvalue weighted by molar-refractivity contribution is 0.0270. The number of hydrogen-bond acceptors (Lipinski definition) is 8. The van der Waals surface area contributed by atoms with Gasteiger partial charge in [-0.1, -0.05) is 35.1 Å². The molecule has 0 saturated heterocycles. The molecule has 4 rings (SSSR count). The zero-order valence-electron chi connectivity index (χ0n) is 19.3. The summed E-state index contributed by atoms with van der Waals surface area (Å²) in [6.45, 7) is 8.19. The SMILES string of the molecule is Cc1ccc(S(=O)(=O)Oc2cc(=O)n3cc(C4=CCN(C(=O)OC(C)(C)C)CC4)sc3n2)cc1. The first kappa shape index (κ1) is 24.0. The van der Waals surface area contributed by atoms with Crippen LogP contribution in [0.25, 0.3) is 10.5 Å². The Morgan fingerprint density at radius 1 is 1.18 bits per heavy atom. The highest BCUT2D eigenvalue weighted by atomic mass is 32.2. The Labute approximate surface area is 201 Å². The van der Waals surface area contributed by atoms with Gasteiger partial charge in [0.15, 0.2) is 0 Å². The van der Waals surface area contributed by atoms with Gasteiger partial charge in [0.05, 0.1) is 10.9 Å². The van der Waals surface area contributed by atoms with E-state index >= 15 is 0 Å². The highest BCUT2D eigenvalue weighted by molar-refractivity contribution is 7.87. The number of rotatable bonds is 4. The standard InChI is InChI=1S/C23H25N3O6S2/c1-15-5-7-17(8-6-15)34(29,30)32-19-13-20(27)26-14-18(33-21(26)24-19)16-9-11-25(12-10-16)22(28)31-23(2,3)4/h5-9,13-14H,10-12H2,1-4H3. The second-order valence-electron chi connectivity index (χ2n) is 8.94. The number of benzene rings is 1. The van der Waals surface area contributed by atoms with Crippen LogP contribution in [0.2, 0.25) is 0 Å². The highest BCUT2D eigenvalue weighted by Crippen LogP contribution is 2.29. The minimum Gasteiger partial charge on any atom is -0.444 e. The summed E-state index contributed by atoms with van der Waals surface area (Å²) in [4.78, 5) is 31.8. The van der Waals surface area contributed by atoms with E-state index in [0.29, 0.717) is 24.5 Å².